The molecule has 0 N–H and O–H groups in total. The van der Waals surface area contributed by atoms with Gasteiger partial charge in [-0.2, -0.15) is 0 Å². The lowest BCUT2D eigenvalue weighted by Crippen LogP contribution is -2.57. The second kappa shape index (κ2) is 15.4. The summed E-state index contributed by atoms with van der Waals surface area (Å²) in [5, 5.41) is 0. The SMILES string of the molecule is C#CC#CC#CC.c1ccc(N(c2ccccc2)c2ccc3c(c2)Oc2cccc4c2B3c2ccc(N(c3ccccc3)c3ccccc3)cc2O4)cc1. The molecule has 0 spiro atoms. The van der Waals surface area contributed by atoms with Crippen LogP contribution in [0, 0.1) is 36.0 Å². The molecule has 2 aliphatic heterocycles. The average molecular weight is 693 g/mol. The number of benzene rings is 7. The van der Waals surface area contributed by atoms with Gasteiger partial charge >= 0.3 is 0 Å². The van der Waals surface area contributed by atoms with Crippen molar-refractivity contribution >= 4 is 57.2 Å². The lowest BCUT2D eigenvalue weighted by atomic mass is 9.35. The second-order valence-electron chi connectivity index (χ2n) is 12.5. The number of ether oxygens (including phenoxy) is 2. The fraction of sp³-hybridized carbons (Fsp3) is 0.0204. The molecule has 54 heavy (non-hydrogen) atoms. The van der Waals surface area contributed by atoms with Crippen molar-refractivity contribution in [3.63, 3.8) is 0 Å². The van der Waals surface area contributed by atoms with Gasteiger partial charge in [-0.1, -0.05) is 96.9 Å². The van der Waals surface area contributed by atoms with E-state index in [0.29, 0.717) is 0 Å². The Kier molecular flexibility index (Phi) is 9.58. The summed E-state index contributed by atoms with van der Waals surface area (Å²) < 4.78 is 13.3. The van der Waals surface area contributed by atoms with E-state index >= 15 is 0 Å². The van der Waals surface area contributed by atoms with Crippen LogP contribution in [0.4, 0.5) is 34.1 Å². The number of hydrogen-bond donors (Lipinski definition) is 0. The van der Waals surface area contributed by atoms with Crippen molar-refractivity contribution in [2.75, 3.05) is 9.80 Å². The lowest BCUT2D eigenvalue weighted by Gasteiger charge is -2.34. The molecule has 0 aliphatic carbocycles. The van der Waals surface area contributed by atoms with Crippen molar-refractivity contribution in [3.05, 3.63) is 176 Å². The van der Waals surface area contributed by atoms with Crippen molar-refractivity contribution in [2.45, 2.75) is 6.92 Å². The van der Waals surface area contributed by atoms with Crippen LogP contribution < -0.4 is 35.7 Å². The van der Waals surface area contributed by atoms with Crippen molar-refractivity contribution in [1.82, 2.24) is 0 Å². The van der Waals surface area contributed by atoms with Crippen LogP contribution in [-0.2, 0) is 0 Å². The summed E-state index contributed by atoms with van der Waals surface area (Å²) in [6, 6.07) is 61.1. The van der Waals surface area contributed by atoms with Gasteiger partial charge in [-0.05, 0) is 114 Å². The van der Waals surface area contributed by atoms with E-state index in [0.717, 1.165) is 73.5 Å². The molecule has 2 heterocycles. The van der Waals surface area contributed by atoms with E-state index in [9.17, 15) is 0 Å². The first-order valence-electron chi connectivity index (χ1n) is 17.7. The van der Waals surface area contributed by atoms with Gasteiger partial charge in [-0.15, -0.1) is 6.42 Å². The summed E-state index contributed by atoms with van der Waals surface area (Å²) in [5.74, 6) is 15.4. The topological polar surface area (TPSA) is 24.9 Å². The highest BCUT2D eigenvalue weighted by Crippen LogP contribution is 2.41. The standard InChI is InChI=1S/C42H29BN2O2.C7H4/c1-5-14-30(15-6-1)44(31-16-7-2-8-17-31)34-24-26-36-40(28-34)46-38-22-13-23-39-42(38)43(36)37-27-25-35(29-41(37)47-39)45(32-18-9-3-10-19-32)33-20-11-4-12-21-33;1-3-5-7-6-4-2/h1-29H;1H,2H3. The molecule has 2 aliphatic rings. The first-order valence-corrected chi connectivity index (χ1v) is 17.7. The van der Waals surface area contributed by atoms with E-state index in [1.54, 1.807) is 6.92 Å². The summed E-state index contributed by atoms with van der Waals surface area (Å²) in [5.41, 5.74) is 9.72. The Morgan fingerprint density at radius 2 is 0.833 bits per heavy atom. The van der Waals surface area contributed by atoms with Crippen LogP contribution in [0.5, 0.6) is 23.0 Å². The summed E-state index contributed by atoms with van der Waals surface area (Å²) in [7, 11) is 0. The number of rotatable bonds is 6. The van der Waals surface area contributed by atoms with E-state index in [1.807, 2.05) is 42.5 Å². The van der Waals surface area contributed by atoms with Crippen LogP contribution in [-0.4, -0.2) is 6.71 Å². The third kappa shape index (κ3) is 6.65. The Bertz CT molecular complexity index is 2360. The van der Waals surface area contributed by atoms with E-state index in [4.69, 9.17) is 15.9 Å². The zero-order chi connectivity index (χ0) is 36.7. The largest absolute Gasteiger partial charge is 0.458 e. The minimum Gasteiger partial charge on any atom is -0.458 e. The first kappa shape index (κ1) is 33.6. The van der Waals surface area contributed by atoms with Crippen LogP contribution in [0.15, 0.2) is 176 Å². The van der Waals surface area contributed by atoms with Crippen molar-refractivity contribution in [2.24, 2.45) is 0 Å². The van der Waals surface area contributed by atoms with Gasteiger partial charge in [0, 0.05) is 51.7 Å². The molecule has 0 aromatic heterocycles. The van der Waals surface area contributed by atoms with Gasteiger partial charge in [-0.3, -0.25) is 0 Å². The van der Waals surface area contributed by atoms with Gasteiger partial charge < -0.3 is 19.3 Å². The molecule has 9 rings (SSSR count). The first-order chi connectivity index (χ1) is 26.7. The summed E-state index contributed by atoms with van der Waals surface area (Å²) >= 11 is 0. The predicted octanol–water partition coefficient (Wildman–Crippen LogP) is 10.0. The smallest absolute Gasteiger partial charge is 0.260 e. The molecule has 0 radical (unpaired) electrons. The third-order valence-corrected chi connectivity index (χ3v) is 9.27. The highest BCUT2D eigenvalue weighted by atomic mass is 16.5. The van der Waals surface area contributed by atoms with Crippen LogP contribution in [0.25, 0.3) is 0 Å². The third-order valence-electron chi connectivity index (χ3n) is 9.27. The predicted molar refractivity (Wildman–Crippen MR) is 224 cm³/mol. The number of hydrogen-bond acceptors (Lipinski definition) is 4. The van der Waals surface area contributed by atoms with Gasteiger partial charge in [-0.25, -0.2) is 0 Å². The van der Waals surface area contributed by atoms with Crippen molar-refractivity contribution in [3.8, 4) is 59.0 Å². The molecule has 0 fully saturated rings. The highest BCUT2D eigenvalue weighted by molar-refractivity contribution is 6.98. The molecular formula is C49H33BN2O2. The Morgan fingerprint density at radius 3 is 1.20 bits per heavy atom. The molecular weight excluding hydrogens is 659 g/mol. The monoisotopic (exact) mass is 692 g/mol. The van der Waals surface area contributed by atoms with E-state index in [1.165, 1.54) is 0 Å². The average Bonchev–Trinajstić information content (AvgIpc) is 3.23. The van der Waals surface area contributed by atoms with E-state index in [-0.39, 0.29) is 6.71 Å². The van der Waals surface area contributed by atoms with Crippen molar-refractivity contribution in [1.29, 1.82) is 0 Å². The zero-order valence-corrected chi connectivity index (χ0v) is 29.6. The van der Waals surface area contributed by atoms with Crippen LogP contribution >= 0.6 is 0 Å². The van der Waals surface area contributed by atoms with Crippen LogP contribution in [0.2, 0.25) is 0 Å². The van der Waals surface area contributed by atoms with Crippen LogP contribution in [0.3, 0.4) is 0 Å². The fourth-order valence-electron chi connectivity index (χ4n) is 7.01. The Morgan fingerprint density at radius 1 is 0.426 bits per heavy atom. The normalized spacial score (nSPS) is 11.0. The number of fused-ring (bicyclic) bond motifs is 4. The molecule has 0 amide bonds. The molecule has 5 heteroatoms. The van der Waals surface area contributed by atoms with Crippen molar-refractivity contribution < 1.29 is 9.47 Å². The Balaban J connectivity index is 0.000000541. The zero-order valence-electron chi connectivity index (χ0n) is 29.6. The second-order valence-corrected chi connectivity index (χ2v) is 12.5. The Labute approximate surface area is 317 Å². The summed E-state index contributed by atoms with van der Waals surface area (Å²) in [4.78, 5) is 4.53. The molecule has 4 nitrogen and oxygen atoms in total. The molecule has 0 saturated heterocycles. The highest BCUT2D eigenvalue weighted by Gasteiger charge is 2.40. The molecule has 7 aromatic rings. The molecule has 0 unspecified atom stereocenters. The molecule has 254 valence electrons. The van der Waals surface area contributed by atoms with Gasteiger partial charge in [0.1, 0.15) is 23.0 Å². The lowest BCUT2D eigenvalue weighted by molar-refractivity contribution is 0.464. The maximum atomic E-state index is 6.66. The van der Waals surface area contributed by atoms with E-state index < -0.39 is 0 Å². The summed E-state index contributed by atoms with van der Waals surface area (Å²) in [6.07, 6.45) is 4.78. The minimum atomic E-state index is -0.0272. The number of anilines is 6. The summed E-state index contributed by atoms with van der Waals surface area (Å²) in [6.45, 7) is 1.69. The fourth-order valence-corrected chi connectivity index (χ4v) is 7.01. The van der Waals surface area contributed by atoms with Gasteiger partial charge in [0.25, 0.3) is 6.71 Å². The number of terminal acetylenes is 1. The number of para-hydroxylation sites is 4. The molecule has 0 saturated carbocycles. The minimum absolute atomic E-state index is 0.0272. The number of nitrogens with zero attached hydrogens (tertiary/aromatic N) is 2. The van der Waals surface area contributed by atoms with Crippen LogP contribution in [0.1, 0.15) is 6.92 Å². The molecule has 7 aromatic carbocycles. The van der Waals surface area contributed by atoms with Gasteiger partial charge in [0.2, 0.25) is 0 Å². The maximum absolute atomic E-state index is 6.66. The van der Waals surface area contributed by atoms with Gasteiger partial charge in [0.15, 0.2) is 0 Å². The molecule has 0 atom stereocenters. The van der Waals surface area contributed by atoms with E-state index in [2.05, 4.69) is 173 Å². The van der Waals surface area contributed by atoms with Gasteiger partial charge in [0.05, 0.1) is 0 Å². The Hall–Kier alpha value is -7.52. The quantitative estimate of drug-likeness (QED) is 0.128. The maximum Gasteiger partial charge on any atom is 0.260 e. The molecule has 0 bridgehead atoms.